The Morgan fingerprint density at radius 1 is 1.38 bits per heavy atom. The van der Waals surface area contributed by atoms with Crippen LogP contribution in [0.2, 0.25) is 0 Å². The molecule has 1 saturated carbocycles. The number of carbonyl (C=O) groups is 2. The van der Waals surface area contributed by atoms with Gasteiger partial charge in [-0.05, 0) is 37.1 Å². The maximum absolute atomic E-state index is 12.8. The van der Waals surface area contributed by atoms with Crippen LogP contribution in [-0.4, -0.2) is 41.5 Å². The molecule has 1 heterocycles. The van der Waals surface area contributed by atoms with Crippen molar-refractivity contribution in [3.8, 4) is 0 Å². The van der Waals surface area contributed by atoms with Gasteiger partial charge in [0.25, 0.3) is 0 Å². The maximum atomic E-state index is 12.8. The van der Waals surface area contributed by atoms with E-state index in [1.54, 1.807) is 29.2 Å². The summed E-state index contributed by atoms with van der Waals surface area (Å²) in [7, 11) is 0. The van der Waals surface area contributed by atoms with E-state index in [1.807, 2.05) is 0 Å². The quantitative estimate of drug-likeness (QED) is 0.572. The van der Waals surface area contributed by atoms with E-state index >= 15 is 0 Å². The number of urea groups is 1. The monoisotopic (exact) mass is 325 g/mol. The average Bonchev–Trinajstić information content (AvgIpc) is 3.40. The summed E-state index contributed by atoms with van der Waals surface area (Å²) >= 11 is 0. The Hall–Kier alpha value is -2.96. The molecule has 1 aromatic rings. The van der Waals surface area contributed by atoms with Crippen molar-refractivity contribution >= 4 is 35.4 Å². The summed E-state index contributed by atoms with van der Waals surface area (Å²) in [5.41, 5.74) is 1.03. The third-order valence-corrected chi connectivity index (χ3v) is 4.17. The summed E-state index contributed by atoms with van der Waals surface area (Å²) in [5.74, 6) is -0.682. The molecule has 2 fully saturated rings. The molecule has 3 rings (SSSR count). The molecule has 1 aliphatic heterocycles. The van der Waals surface area contributed by atoms with Gasteiger partial charge in [-0.1, -0.05) is 12.6 Å². The minimum absolute atomic E-state index is 0.0825. The van der Waals surface area contributed by atoms with E-state index in [1.165, 1.54) is 17.2 Å². The zero-order chi connectivity index (χ0) is 17.3. The highest BCUT2D eigenvalue weighted by molar-refractivity contribution is 6.21. The molecule has 0 spiro atoms. The molecule has 3 amide bonds. The van der Waals surface area contributed by atoms with Crippen LogP contribution in [0.3, 0.4) is 0 Å². The Morgan fingerprint density at radius 2 is 2.12 bits per heavy atom. The fourth-order valence-electron chi connectivity index (χ4n) is 2.76. The second-order valence-electron chi connectivity index (χ2n) is 5.90. The number of hydrogen-bond donors (Lipinski definition) is 3. The van der Waals surface area contributed by atoms with Crippen molar-refractivity contribution in [2.24, 2.45) is 5.92 Å². The second kappa shape index (κ2) is 6.27. The predicted molar refractivity (Wildman–Crippen MR) is 92.9 cm³/mol. The summed E-state index contributed by atoms with van der Waals surface area (Å²) in [6.07, 6.45) is 4.31. The molecule has 0 bridgehead atoms. The van der Waals surface area contributed by atoms with Crippen LogP contribution in [0, 0.1) is 16.7 Å². The smallest absolute Gasteiger partial charge is 0.322 e. The first-order valence-corrected chi connectivity index (χ1v) is 7.78. The molecular weight excluding hydrogens is 306 g/mol. The Labute approximate surface area is 140 Å². The summed E-state index contributed by atoms with van der Waals surface area (Å²) in [6, 6.07) is 6.74. The van der Waals surface area contributed by atoms with Gasteiger partial charge in [0.15, 0.2) is 0 Å². The third kappa shape index (κ3) is 2.92. The predicted octanol–water partition coefficient (Wildman–Crippen LogP) is 2.46. The van der Waals surface area contributed by atoms with Crippen molar-refractivity contribution in [3.05, 3.63) is 36.9 Å². The molecule has 24 heavy (non-hydrogen) atoms. The Morgan fingerprint density at radius 3 is 2.75 bits per heavy atom. The SMILES string of the molecule is C=CC(=O)Nc1cccc(N2C(=N)C(C=N)CN(C3CC3)C2=O)c1. The van der Waals surface area contributed by atoms with Crippen molar-refractivity contribution in [2.75, 3.05) is 16.8 Å². The minimum Gasteiger partial charge on any atom is -0.322 e. The summed E-state index contributed by atoms with van der Waals surface area (Å²) in [4.78, 5) is 27.3. The zero-order valence-corrected chi connectivity index (χ0v) is 13.2. The number of benzene rings is 1. The van der Waals surface area contributed by atoms with Crippen molar-refractivity contribution in [3.63, 3.8) is 0 Å². The molecule has 1 aliphatic carbocycles. The van der Waals surface area contributed by atoms with E-state index in [0.717, 1.165) is 12.8 Å². The molecule has 1 saturated heterocycles. The molecule has 1 atom stereocenters. The van der Waals surface area contributed by atoms with Crippen LogP contribution in [0.4, 0.5) is 16.2 Å². The lowest BCUT2D eigenvalue weighted by Crippen LogP contribution is -2.57. The fraction of sp³-hybridized carbons (Fsp3) is 0.294. The van der Waals surface area contributed by atoms with Gasteiger partial charge >= 0.3 is 6.03 Å². The molecule has 1 unspecified atom stereocenters. The largest absolute Gasteiger partial charge is 0.330 e. The van der Waals surface area contributed by atoms with Crippen molar-refractivity contribution < 1.29 is 9.59 Å². The normalized spacial score (nSPS) is 20.8. The van der Waals surface area contributed by atoms with Crippen LogP contribution in [-0.2, 0) is 4.79 Å². The lowest BCUT2D eigenvalue weighted by Gasteiger charge is -2.39. The molecule has 2 aliphatic rings. The zero-order valence-electron chi connectivity index (χ0n) is 13.2. The maximum Gasteiger partial charge on any atom is 0.330 e. The van der Waals surface area contributed by atoms with Gasteiger partial charge in [-0.15, -0.1) is 0 Å². The number of anilines is 2. The fourth-order valence-corrected chi connectivity index (χ4v) is 2.76. The second-order valence-corrected chi connectivity index (χ2v) is 5.90. The number of hydrogen-bond acceptors (Lipinski definition) is 4. The van der Waals surface area contributed by atoms with E-state index in [2.05, 4.69) is 11.9 Å². The van der Waals surface area contributed by atoms with Gasteiger partial charge in [-0.25, -0.2) is 9.69 Å². The lowest BCUT2D eigenvalue weighted by molar-refractivity contribution is -0.111. The van der Waals surface area contributed by atoms with Crippen LogP contribution in [0.5, 0.6) is 0 Å². The highest BCUT2D eigenvalue weighted by atomic mass is 16.2. The van der Waals surface area contributed by atoms with Gasteiger partial charge in [0.05, 0.1) is 11.6 Å². The Balaban J connectivity index is 1.92. The van der Waals surface area contributed by atoms with Crippen LogP contribution in [0.15, 0.2) is 36.9 Å². The Bertz CT molecular complexity index is 725. The summed E-state index contributed by atoms with van der Waals surface area (Å²) in [6.45, 7) is 3.79. The van der Waals surface area contributed by atoms with Gasteiger partial charge in [0.1, 0.15) is 5.84 Å². The molecule has 7 nitrogen and oxygen atoms in total. The molecule has 7 heteroatoms. The molecular formula is C17H19N5O2. The summed E-state index contributed by atoms with van der Waals surface area (Å²) < 4.78 is 0. The topological polar surface area (TPSA) is 100 Å². The number of nitrogens with zero attached hydrogens (tertiary/aromatic N) is 2. The van der Waals surface area contributed by atoms with E-state index in [-0.39, 0.29) is 23.8 Å². The van der Waals surface area contributed by atoms with Crippen LogP contribution < -0.4 is 10.2 Å². The highest BCUT2D eigenvalue weighted by Crippen LogP contribution is 2.33. The van der Waals surface area contributed by atoms with E-state index in [4.69, 9.17) is 10.8 Å². The first kappa shape index (κ1) is 15.9. The van der Waals surface area contributed by atoms with Gasteiger partial charge in [0.2, 0.25) is 5.91 Å². The number of nitrogens with one attached hydrogen (secondary N) is 3. The van der Waals surface area contributed by atoms with Crippen molar-refractivity contribution in [2.45, 2.75) is 18.9 Å². The van der Waals surface area contributed by atoms with Crippen LogP contribution >= 0.6 is 0 Å². The molecule has 3 N–H and O–H groups in total. The van der Waals surface area contributed by atoms with E-state index in [0.29, 0.717) is 17.9 Å². The first-order valence-electron chi connectivity index (χ1n) is 7.78. The molecule has 124 valence electrons. The van der Waals surface area contributed by atoms with Gasteiger partial charge < -0.3 is 15.6 Å². The third-order valence-electron chi connectivity index (χ3n) is 4.17. The molecule has 0 aromatic heterocycles. The van der Waals surface area contributed by atoms with Crippen molar-refractivity contribution in [1.29, 1.82) is 10.8 Å². The number of amidine groups is 1. The van der Waals surface area contributed by atoms with Crippen LogP contribution in [0.25, 0.3) is 0 Å². The first-order chi connectivity index (χ1) is 11.5. The van der Waals surface area contributed by atoms with E-state index in [9.17, 15) is 9.59 Å². The minimum atomic E-state index is -0.422. The standard InChI is InChI=1S/C17H19N5O2/c1-2-15(23)20-12-4-3-5-14(8-12)22-16(19)11(9-18)10-21(17(22)24)13-6-7-13/h2-5,8-9,11,13,18-19H,1,6-7,10H2,(H,20,23). The number of carbonyl (C=O) groups excluding carboxylic acids is 2. The molecule has 0 radical (unpaired) electrons. The van der Waals surface area contributed by atoms with Crippen molar-refractivity contribution in [1.82, 2.24) is 4.90 Å². The molecule has 1 aromatic carbocycles. The Kier molecular flexibility index (Phi) is 4.16. The number of rotatable bonds is 5. The number of amides is 3. The van der Waals surface area contributed by atoms with Gasteiger partial charge in [0, 0.05) is 24.5 Å². The lowest BCUT2D eigenvalue weighted by atomic mass is 10.0. The van der Waals surface area contributed by atoms with Crippen LogP contribution in [0.1, 0.15) is 12.8 Å². The summed E-state index contributed by atoms with van der Waals surface area (Å²) in [5, 5.41) is 18.5. The van der Waals surface area contributed by atoms with E-state index < -0.39 is 5.92 Å². The van der Waals surface area contributed by atoms with Gasteiger partial charge in [-0.3, -0.25) is 10.2 Å². The van der Waals surface area contributed by atoms with Gasteiger partial charge in [-0.2, -0.15) is 0 Å². The average molecular weight is 325 g/mol. The highest BCUT2D eigenvalue weighted by Gasteiger charge is 2.43.